The van der Waals surface area contributed by atoms with E-state index in [1.54, 1.807) is 0 Å². The Balaban J connectivity index is 1.18. The summed E-state index contributed by atoms with van der Waals surface area (Å²) in [5.74, 6) is 1.15. The average Bonchev–Trinajstić information content (AvgIpc) is 3.37. The summed E-state index contributed by atoms with van der Waals surface area (Å²) in [5, 5.41) is 0. The second-order valence-corrected chi connectivity index (χ2v) is 9.25. The highest BCUT2D eigenvalue weighted by Gasteiger charge is 2.46. The molecule has 1 aromatic carbocycles. The molecule has 5 rings (SSSR count). The van der Waals surface area contributed by atoms with E-state index in [4.69, 9.17) is 0 Å². The average molecular weight is 397 g/mol. The minimum absolute atomic E-state index is 0.0504. The number of amides is 2. The molecule has 1 aromatic rings. The predicted molar refractivity (Wildman–Crippen MR) is 111 cm³/mol. The van der Waals surface area contributed by atoms with Crippen LogP contribution < -0.4 is 10.9 Å². The smallest absolute Gasteiger partial charge is 0.227 e. The van der Waals surface area contributed by atoms with Crippen LogP contribution >= 0.6 is 0 Å². The Morgan fingerprint density at radius 2 is 1.72 bits per heavy atom. The summed E-state index contributed by atoms with van der Waals surface area (Å²) in [6.45, 7) is 2.17. The molecule has 1 aliphatic carbocycles. The first kappa shape index (κ1) is 19.1. The highest BCUT2D eigenvalue weighted by Crippen LogP contribution is 2.35. The molecule has 0 aromatic heterocycles. The van der Waals surface area contributed by atoms with Gasteiger partial charge in [0.15, 0.2) is 0 Å². The van der Waals surface area contributed by atoms with Gasteiger partial charge in [0, 0.05) is 38.0 Å². The van der Waals surface area contributed by atoms with Crippen LogP contribution in [0.15, 0.2) is 30.3 Å². The summed E-state index contributed by atoms with van der Waals surface area (Å²) in [4.78, 5) is 29.9. The number of hydrogen-bond acceptors (Lipinski definition) is 4. The van der Waals surface area contributed by atoms with Crippen molar-refractivity contribution in [3.8, 4) is 0 Å². The number of hydrazine groups is 1. The van der Waals surface area contributed by atoms with Crippen LogP contribution in [-0.4, -0.2) is 53.5 Å². The lowest BCUT2D eigenvalue weighted by Crippen LogP contribution is -2.49. The predicted octanol–water partition coefficient (Wildman–Crippen LogP) is 2.23. The number of hydrogen-bond donors (Lipinski definition) is 2. The van der Waals surface area contributed by atoms with Crippen LogP contribution in [0.25, 0.3) is 0 Å². The molecule has 4 aliphatic rings. The van der Waals surface area contributed by atoms with Crippen molar-refractivity contribution in [2.45, 2.75) is 63.1 Å². The van der Waals surface area contributed by atoms with Crippen LogP contribution in [0.3, 0.4) is 0 Å². The van der Waals surface area contributed by atoms with Gasteiger partial charge < -0.3 is 9.80 Å². The molecular weight excluding hydrogens is 364 g/mol. The summed E-state index contributed by atoms with van der Waals surface area (Å²) in [6, 6.07) is 11.1. The van der Waals surface area contributed by atoms with E-state index < -0.39 is 0 Å². The first-order valence-electron chi connectivity index (χ1n) is 11.3. The first-order valence-corrected chi connectivity index (χ1v) is 11.3. The van der Waals surface area contributed by atoms with E-state index in [0.717, 1.165) is 32.4 Å². The van der Waals surface area contributed by atoms with E-state index in [0.29, 0.717) is 30.8 Å². The van der Waals surface area contributed by atoms with Gasteiger partial charge in [-0.2, -0.15) is 0 Å². The molecule has 0 bridgehead atoms. The number of rotatable bonds is 3. The van der Waals surface area contributed by atoms with Crippen molar-refractivity contribution in [1.29, 1.82) is 0 Å². The molecule has 3 aliphatic heterocycles. The molecule has 29 heavy (non-hydrogen) atoms. The van der Waals surface area contributed by atoms with E-state index in [1.807, 2.05) is 9.80 Å². The molecule has 6 nitrogen and oxygen atoms in total. The molecule has 0 spiro atoms. The summed E-state index contributed by atoms with van der Waals surface area (Å²) in [7, 11) is 0. The second-order valence-electron chi connectivity index (χ2n) is 9.25. The molecule has 4 fully saturated rings. The van der Waals surface area contributed by atoms with Crippen molar-refractivity contribution >= 4 is 11.8 Å². The maximum absolute atomic E-state index is 13.1. The molecule has 1 saturated carbocycles. The van der Waals surface area contributed by atoms with Gasteiger partial charge in [0.1, 0.15) is 0 Å². The lowest BCUT2D eigenvalue weighted by Gasteiger charge is -2.34. The molecule has 4 atom stereocenters. The van der Waals surface area contributed by atoms with E-state index in [1.165, 1.54) is 24.8 Å². The minimum atomic E-state index is -0.180. The quantitative estimate of drug-likeness (QED) is 0.822. The fraction of sp³-hybridized carbons (Fsp3) is 0.652. The monoisotopic (exact) mass is 396 g/mol. The van der Waals surface area contributed by atoms with Gasteiger partial charge in [-0.3, -0.25) is 15.0 Å². The Morgan fingerprint density at radius 3 is 2.52 bits per heavy atom. The third-order valence-electron chi connectivity index (χ3n) is 7.56. The van der Waals surface area contributed by atoms with Crippen molar-refractivity contribution in [3.05, 3.63) is 35.9 Å². The standard InChI is InChI=1S/C23H32N4O2/c28-21-14-18(15-27(21)22-19-8-4-5-9-20(19)24-25-22)23(29)26-12-10-17(11-13-26)16-6-2-1-3-7-16/h1-3,6-7,17-20,22,24-25H,4-5,8-15H2. The maximum Gasteiger partial charge on any atom is 0.227 e. The summed E-state index contributed by atoms with van der Waals surface area (Å²) in [6.07, 6.45) is 7.27. The number of nitrogens with zero attached hydrogens (tertiary/aromatic N) is 2. The third kappa shape index (κ3) is 3.68. The van der Waals surface area contributed by atoms with E-state index in [-0.39, 0.29) is 23.9 Å². The van der Waals surface area contributed by atoms with Gasteiger partial charge >= 0.3 is 0 Å². The van der Waals surface area contributed by atoms with Crippen LogP contribution in [0.2, 0.25) is 0 Å². The molecule has 156 valence electrons. The molecule has 4 unspecified atom stereocenters. The highest BCUT2D eigenvalue weighted by atomic mass is 16.2. The number of piperidine rings is 1. The van der Waals surface area contributed by atoms with Crippen molar-refractivity contribution in [2.75, 3.05) is 19.6 Å². The highest BCUT2D eigenvalue weighted by molar-refractivity contribution is 5.89. The van der Waals surface area contributed by atoms with E-state index in [9.17, 15) is 9.59 Å². The lowest BCUT2D eigenvalue weighted by atomic mass is 9.84. The van der Waals surface area contributed by atoms with E-state index >= 15 is 0 Å². The summed E-state index contributed by atoms with van der Waals surface area (Å²) < 4.78 is 0. The zero-order valence-corrected chi connectivity index (χ0v) is 17.1. The Hall–Kier alpha value is -1.92. The van der Waals surface area contributed by atoms with Crippen LogP contribution in [0.5, 0.6) is 0 Å². The topological polar surface area (TPSA) is 64.7 Å². The number of carbonyl (C=O) groups is 2. The van der Waals surface area contributed by atoms with Gasteiger partial charge in [0.2, 0.25) is 11.8 Å². The molecule has 3 heterocycles. The normalized spacial score (nSPS) is 33.2. The number of carbonyl (C=O) groups excluding carboxylic acids is 2. The molecule has 0 radical (unpaired) electrons. The van der Waals surface area contributed by atoms with Crippen LogP contribution in [0, 0.1) is 11.8 Å². The van der Waals surface area contributed by atoms with Gasteiger partial charge in [-0.15, -0.1) is 0 Å². The summed E-state index contributed by atoms with van der Waals surface area (Å²) >= 11 is 0. The van der Waals surface area contributed by atoms with Gasteiger partial charge in [0.05, 0.1) is 12.1 Å². The van der Waals surface area contributed by atoms with Crippen LogP contribution in [-0.2, 0) is 9.59 Å². The molecule has 2 amide bonds. The molecule has 6 heteroatoms. The van der Waals surface area contributed by atoms with Gasteiger partial charge in [-0.05, 0) is 37.2 Å². The Bertz CT molecular complexity index is 747. The lowest BCUT2D eigenvalue weighted by molar-refractivity contribution is -0.136. The largest absolute Gasteiger partial charge is 0.342 e. The second kappa shape index (κ2) is 8.07. The maximum atomic E-state index is 13.1. The fourth-order valence-electron chi connectivity index (χ4n) is 5.91. The van der Waals surface area contributed by atoms with Gasteiger partial charge in [-0.1, -0.05) is 43.2 Å². The minimum Gasteiger partial charge on any atom is -0.342 e. The Kier molecular flexibility index (Phi) is 5.31. The Morgan fingerprint density at radius 1 is 0.966 bits per heavy atom. The van der Waals surface area contributed by atoms with E-state index in [2.05, 4.69) is 41.2 Å². The Labute approximate surface area is 173 Å². The molecular formula is C23H32N4O2. The number of likely N-dealkylation sites (tertiary alicyclic amines) is 2. The van der Waals surface area contributed by atoms with Crippen LogP contribution in [0.4, 0.5) is 0 Å². The van der Waals surface area contributed by atoms with Crippen LogP contribution in [0.1, 0.15) is 56.4 Å². The first-order chi connectivity index (χ1) is 14.2. The fourth-order valence-corrected chi connectivity index (χ4v) is 5.91. The van der Waals surface area contributed by atoms with Crippen molar-refractivity contribution in [2.24, 2.45) is 11.8 Å². The number of nitrogens with one attached hydrogen (secondary N) is 2. The zero-order chi connectivity index (χ0) is 19.8. The zero-order valence-electron chi connectivity index (χ0n) is 17.1. The van der Waals surface area contributed by atoms with Crippen molar-refractivity contribution in [1.82, 2.24) is 20.7 Å². The molecule has 3 saturated heterocycles. The van der Waals surface area contributed by atoms with Gasteiger partial charge in [0.25, 0.3) is 0 Å². The number of benzene rings is 1. The number of fused-ring (bicyclic) bond motifs is 1. The van der Waals surface area contributed by atoms with Crippen molar-refractivity contribution < 1.29 is 9.59 Å². The van der Waals surface area contributed by atoms with Gasteiger partial charge in [-0.25, -0.2) is 5.43 Å². The third-order valence-corrected chi connectivity index (χ3v) is 7.56. The summed E-state index contributed by atoms with van der Waals surface area (Å²) in [5.41, 5.74) is 8.14. The SMILES string of the molecule is O=C(C1CC(=O)N(C2NNC3CCCCC32)C1)N1CCC(c2ccccc2)CC1. The molecule has 2 N–H and O–H groups in total. The van der Waals surface area contributed by atoms with Crippen molar-refractivity contribution in [3.63, 3.8) is 0 Å².